The van der Waals surface area contributed by atoms with Crippen LogP contribution < -0.4 is 10.7 Å². The molecular formula is C22H26N4O2. The molecular weight excluding hydrogens is 352 g/mol. The van der Waals surface area contributed by atoms with E-state index in [-0.39, 0.29) is 17.9 Å². The molecule has 0 aliphatic carbocycles. The molecule has 0 saturated carbocycles. The van der Waals surface area contributed by atoms with Crippen molar-refractivity contribution in [3.05, 3.63) is 48.0 Å². The minimum Gasteiger partial charge on any atom is -0.347 e. The maximum atomic E-state index is 12.5. The van der Waals surface area contributed by atoms with Gasteiger partial charge in [0.05, 0.1) is 0 Å². The Bertz CT molecular complexity index is 908. The van der Waals surface area contributed by atoms with Gasteiger partial charge in [0, 0.05) is 32.0 Å². The van der Waals surface area contributed by atoms with E-state index in [9.17, 15) is 9.59 Å². The van der Waals surface area contributed by atoms with Crippen molar-refractivity contribution in [2.75, 3.05) is 13.1 Å². The molecule has 28 heavy (non-hydrogen) atoms. The number of nitrogens with one attached hydrogen (secondary N) is 2. The molecule has 2 heterocycles. The van der Waals surface area contributed by atoms with Crippen molar-refractivity contribution in [3.63, 3.8) is 0 Å². The maximum Gasteiger partial charge on any atom is 0.267 e. The second kappa shape index (κ2) is 8.52. The number of fused-ring (bicyclic) bond motifs is 1. The molecule has 2 N–H and O–H groups in total. The van der Waals surface area contributed by atoms with Gasteiger partial charge >= 0.3 is 0 Å². The smallest absolute Gasteiger partial charge is 0.267 e. The van der Waals surface area contributed by atoms with Crippen LogP contribution in [0.25, 0.3) is 10.8 Å². The molecule has 2 aliphatic rings. The Morgan fingerprint density at radius 3 is 2.82 bits per heavy atom. The number of carbonyl (C=O) groups is 2. The van der Waals surface area contributed by atoms with Crippen LogP contribution in [0.2, 0.25) is 0 Å². The van der Waals surface area contributed by atoms with E-state index in [1.807, 2.05) is 0 Å². The third-order valence-electron chi connectivity index (χ3n) is 5.48. The molecule has 146 valence electrons. The van der Waals surface area contributed by atoms with Crippen LogP contribution in [0.1, 0.15) is 37.7 Å². The molecule has 2 aromatic carbocycles. The largest absolute Gasteiger partial charge is 0.347 e. The Labute approximate surface area is 165 Å². The Hall–Kier alpha value is -2.73. The van der Waals surface area contributed by atoms with E-state index >= 15 is 0 Å². The first-order valence-corrected chi connectivity index (χ1v) is 10.0. The molecule has 1 fully saturated rings. The fourth-order valence-corrected chi connectivity index (χ4v) is 3.98. The van der Waals surface area contributed by atoms with Crippen molar-refractivity contribution in [2.24, 2.45) is 5.10 Å². The topological polar surface area (TPSA) is 73.8 Å². The fourth-order valence-electron chi connectivity index (χ4n) is 3.98. The summed E-state index contributed by atoms with van der Waals surface area (Å²) in [6.45, 7) is 2.75. The first kappa shape index (κ1) is 18.6. The number of nitrogens with zero attached hydrogens (tertiary/aromatic N) is 2. The molecule has 2 aliphatic heterocycles. The van der Waals surface area contributed by atoms with Crippen molar-refractivity contribution < 1.29 is 9.59 Å². The molecule has 0 aromatic heterocycles. The molecule has 1 atom stereocenters. The van der Waals surface area contributed by atoms with Gasteiger partial charge in [-0.3, -0.25) is 14.5 Å². The SMILES string of the molecule is O=C1CCC(C(=O)N[C@H]2CCCCN(Cc3ccc4ccccc4c3)C2)=NN1. The lowest BCUT2D eigenvalue weighted by Gasteiger charge is -2.25. The molecule has 0 unspecified atom stereocenters. The van der Waals surface area contributed by atoms with Gasteiger partial charge < -0.3 is 5.32 Å². The number of carbonyl (C=O) groups excluding carboxylic acids is 2. The lowest BCUT2D eigenvalue weighted by Crippen LogP contribution is -2.46. The minimum atomic E-state index is -0.155. The van der Waals surface area contributed by atoms with Gasteiger partial charge in [-0.2, -0.15) is 5.10 Å². The molecule has 6 heteroatoms. The van der Waals surface area contributed by atoms with Crippen molar-refractivity contribution >= 4 is 28.3 Å². The molecule has 2 amide bonds. The quantitative estimate of drug-likeness (QED) is 0.859. The Kier molecular flexibility index (Phi) is 5.67. The average Bonchev–Trinajstić information content (AvgIpc) is 2.93. The van der Waals surface area contributed by atoms with Gasteiger partial charge in [-0.05, 0) is 41.8 Å². The fraction of sp³-hybridized carbons (Fsp3) is 0.409. The number of hydrazone groups is 1. The highest BCUT2D eigenvalue weighted by Crippen LogP contribution is 2.19. The van der Waals surface area contributed by atoms with Crippen LogP contribution >= 0.6 is 0 Å². The maximum absolute atomic E-state index is 12.5. The number of amides is 2. The summed E-state index contributed by atoms with van der Waals surface area (Å²) < 4.78 is 0. The molecule has 6 nitrogen and oxygen atoms in total. The van der Waals surface area contributed by atoms with Crippen LogP contribution in [0.4, 0.5) is 0 Å². The summed E-state index contributed by atoms with van der Waals surface area (Å²) in [5, 5.41) is 9.55. The zero-order valence-electron chi connectivity index (χ0n) is 16.0. The Morgan fingerprint density at radius 1 is 1.14 bits per heavy atom. The first-order valence-electron chi connectivity index (χ1n) is 10.0. The lowest BCUT2D eigenvalue weighted by atomic mass is 10.1. The zero-order valence-corrected chi connectivity index (χ0v) is 16.0. The summed E-state index contributed by atoms with van der Waals surface area (Å²) in [7, 11) is 0. The van der Waals surface area contributed by atoms with E-state index in [2.05, 4.69) is 63.2 Å². The predicted octanol–water partition coefficient (Wildman–Crippen LogP) is 2.58. The number of benzene rings is 2. The lowest BCUT2D eigenvalue weighted by molar-refractivity contribution is -0.121. The van der Waals surface area contributed by atoms with E-state index in [0.29, 0.717) is 18.6 Å². The normalized spacial score (nSPS) is 20.9. The van der Waals surface area contributed by atoms with Gasteiger partial charge in [0.15, 0.2) is 0 Å². The molecule has 0 spiro atoms. The van der Waals surface area contributed by atoms with Crippen molar-refractivity contribution in [1.29, 1.82) is 0 Å². The molecule has 0 radical (unpaired) electrons. The van der Waals surface area contributed by atoms with Crippen LogP contribution in [-0.2, 0) is 16.1 Å². The summed E-state index contributed by atoms with van der Waals surface area (Å²) in [4.78, 5) is 26.1. The van der Waals surface area contributed by atoms with Crippen molar-refractivity contribution in [3.8, 4) is 0 Å². The van der Waals surface area contributed by atoms with Gasteiger partial charge in [0.25, 0.3) is 5.91 Å². The third kappa shape index (κ3) is 4.57. The van der Waals surface area contributed by atoms with Crippen LogP contribution in [0.5, 0.6) is 0 Å². The second-order valence-corrected chi connectivity index (χ2v) is 7.68. The standard InChI is InChI=1S/C22H26N4O2/c27-21-11-10-20(24-25-21)22(28)23-19-7-3-4-12-26(15-19)14-16-8-9-17-5-1-2-6-18(17)13-16/h1-2,5-6,8-9,13,19H,3-4,7,10-12,14-15H2,(H,23,28)(H,25,27)/t19-/m0/s1. The number of likely N-dealkylation sites (tertiary alicyclic amines) is 1. The monoisotopic (exact) mass is 378 g/mol. The van der Waals surface area contributed by atoms with E-state index in [1.165, 1.54) is 16.3 Å². The number of hydrogen-bond acceptors (Lipinski definition) is 4. The van der Waals surface area contributed by atoms with Gasteiger partial charge in [-0.25, -0.2) is 5.43 Å². The molecule has 1 saturated heterocycles. The van der Waals surface area contributed by atoms with Gasteiger partial charge in [0.1, 0.15) is 5.71 Å². The Morgan fingerprint density at radius 2 is 2.00 bits per heavy atom. The van der Waals surface area contributed by atoms with Gasteiger partial charge in [0.2, 0.25) is 5.91 Å². The van der Waals surface area contributed by atoms with Crippen LogP contribution in [0.15, 0.2) is 47.6 Å². The van der Waals surface area contributed by atoms with Gasteiger partial charge in [-0.15, -0.1) is 0 Å². The van der Waals surface area contributed by atoms with E-state index in [1.54, 1.807) is 0 Å². The Balaban J connectivity index is 1.39. The summed E-state index contributed by atoms with van der Waals surface area (Å²) >= 11 is 0. The number of hydrogen-bond donors (Lipinski definition) is 2. The molecule has 2 aromatic rings. The van der Waals surface area contributed by atoms with E-state index in [0.717, 1.165) is 38.9 Å². The third-order valence-corrected chi connectivity index (χ3v) is 5.48. The molecule has 4 rings (SSSR count). The van der Waals surface area contributed by atoms with Crippen molar-refractivity contribution in [1.82, 2.24) is 15.6 Å². The summed E-state index contributed by atoms with van der Waals surface area (Å²) in [6, 6.07) is 15.1. The number of rotatable bonds is 4. The highest BCUT2D eigenvalue weighted by atomic mass is 16.2. The predicted molar refractivity (Wildman–Crippen MR) is 110 cm³/mol. The van der Waals surface area contributed by atoms with Gasteiger partial charge in [-0.1, -0.05) is 42.8 Å². The minimum absolute atomic E-state index is 0.107. The zero-order chi connectivity index (χ0) is 19.3. The summed E-state index contributed by atoms with van der Waals surface area (Å²) in [5.41, 5.74) is 4.11. The average molecular weight is 378 g/mol. The highest BCUT2D eigenvalue weighted by molar-refractivity contribution is 6.39. The molecule has 0 bridgehead atoms. The summed E-state index contributed by atoms with van der Waals surface area (Å²) in [6.07, 6.45) is 3.94. The van der Waals surface area contributed by atoms with Crippen LogP contribution in [0, 0.1) is 0 Å². The van der Waals surface area contributed by atoms with E-state index in [4.69, 9.17) is 0 Å². The van der Waals surface area contributed by atoms with Crippen LogP contribution in [-0.4, -0.2) is 41.6 Å². The highest BCUT2D eigenvalue weighted by Gasteiger charge is 2.24. The van der Waals surface area contributed by atoms with Crippen LogP contribution in [0.3, 0.4) is 0 Å². The summed E-state index contributed by atoms with van der Waals surface area (Å²) in [5.74, 6) is -0.287. The first-order chi connectivity index (χ1) is 13.7. The van der Waals surface area contributed by atoms with Crippen molar-refractivity contribution in [2.45, 2.75) is 44.7 Å². The van der Waals surface area contributed by atoms with E-state index < -0.39 is 0 Å². The second-order valence-electron chi connectivity index (χ2n) is 7.68.